The molecule has 0 fully saturated rings. The van der Waals surface area contributed by atoms with Crippen molar-refractivity contribution in [3.05, 3.63) is 29.6 Å². The highest BCUT2D eigenvalue weighted by molar-refractivity contribution is 5.99. The van der Waals surface area contributed by atoms with E-state index in [4.69, 9.17) is 10.8 Å². The van der Waals surface area contributed by atoms with Crippen molar-refractivity contribution in [1.82, 2.24) is 4.90 Å². The molecule has 1 rings (SSSR count). The summed E-state index contributed by atoms with van der Waals surface area (Å²) in [6.45, 7) is 2.66. The number of aliphatic hydroxyl groups is 1. The summed E-state index contributed by atoms with van der Waals surface area (Å²) in [5.41, 5.74) is 6.08. The third-order valence-electron chi connectivity index (χ3n) is 2.68. The molecule has 18 heavy (non-hydrogen) atoms. The van der Waals surface area contributed by atoms with Crippen molar-refractivity contribution in [2.45, 2.75) is 19.8 Å². The number of benzene rings is 1. The minimum absolute atomic E-state index is 0.120. The van der Waals surface area contributed by atoms with E-state index in [1.165, 1.54) is 17.0 Å². The quantitative estimate of drug-likeness (QED) is 0.758. The van der Waals surface area contributed by atoms with Gasteiger partial charge in [-0.15, -0.1) is 0 Å². The number of rotatable bonds is 6. The number of unbranched alkanes of at least 4 members (excludes halogenated alkanes) is 1. The van der Waals surface area contributed by atoms with Gasteiger partial charge in [0, 0.05) is 18.8 Å². The Balaban J connectivity index is 2.90. The van der Waals surface area contributed by atoms with Crippen LogP contribution in [0.15, 0.2) is 18.2 Å². The van der Waals surface area contributed by atoms with Crippen LogP contribution in [-0.4, -0.2) is 35.6 Å². The first-order valence-electron chi connectivity index (χ1n) is 6.05. The molecule has 0 aliphatic rings. The van der Waals surface area contributed by atoms with E-state index in [1.54, 1.807) is 0 Å². The Morgan fingerprint density at radius 2 is 2.17 bits per heavy atom. The number of amides is 1. The topological polar surface area (TPSA) is 66.6 Å². The zero-order valence-electron chi connectivity index (χ0n) is 10.5. The summed E-state index contributed by atoms with van der Waals surface area (Å²) in [5, 5.41) is 8.96. The van der Waals surface area contributed by atoms with E-state index in [9.17, 15) is 9.18 Å². The number of nitrogen functional groups attached to an aromatic ring is 1. The number of carbonyl (C=O) groups excluding carboxylic acids is 1. The van der Waals surface area contributed by atoms with Crippen LogP contribution in [0.25, 0.3) is 0 Å². The van der Waals surface area contributed by atoms with Crippen LogP contribution < -0.4 is 5.73 Å². The molecule has 0 aromatic heterocycles. The summed E-state index contributed by atoms with van der Waals surface area (Å²) >= 11 is 0. The fourth-order valence-corrected chi connectivity index (χ4v) is 1.67. The first kappa shape index (κ1) is 14.4. The maximum absolute atomic E-state index is 13.1. The van der Waals surface area contributed by atoms with Gasteiger partial charge in [0.2, 0.25) is 0 Å². The number of hydrogen-bond acceptors (Lipinski definition) is 3. The number of nitrogens with two attached hydrogens (primary N) is 1. The number of hydrogen-bond donors (Lipinski definition) is 2. The fourth-order valence-electron chi connectivity index (χ4n) is 1.67. The Hall–Kier alpha value is -1.62. The fraction of sp³-hybridized carbons (Fsp3) is 0.462. The number of carbonyl (C=O) groups is 1. The van der Waals surface area contributed by atoms with Crippen molar-refractivity contribution in [2.24, 2.45) is 0 Å². The molecule has 0 aliphatic carbocycles. The molecular formula is C13H19FN2O2. The van der Waals surface area contributed by atoms with Crippen molar-refractivity contribution in [3.63, 3.8) is 0 Å². The van der Waals surface area contributed by atoms with Crippen LogP contribution in [0.2, 0.25) is 0 Å². The van der Waals surface area contributed by atoms with E-state index in [-0.39, 0.29) is 30.3 Å². The van der Waals surface area contributed by atoms with Crippen LogP contribution >= 0.6 is 0 Å². The Labute approximate surface area is 106 Å². The molecule has 0 heterocycles. The third kappa shape index (κ3) is 3.70. The number of aliphatic hydroxyl groups excluding tert-OH is 1. The zero-order valence-corrected chi connectivity index (χ0v) is 10.5. The summed E-state index contributed by atoms with van der Waals surface area (Å²) in [5.74, 6) is -0.832. The molecule has 0 spiro atoms. The predicted molar refractivity (Wildman–Crippen MR) is 68.7 cm³/mol. The van der Waals surface area contributed by atoms with Gasteiger partial charge in [-0.2, -0.15) is 0 Å². The lowest BCUT2D eigenvalue weighted by Gasteiger charge is -2.22. The number of halogens is 1. The average Bonchev–Trinajstić information content (AvgIpc) is 2.36. The second-order valence-corrected chi connectivity index (χ2v) is 4.10. The van der Waals surface area contributed by atoms with Gasteiger partial charge in [-0.05, 0) is 24.6 Å². The number of nitrogens with zero attached hydrogens (tertiary/aromatic N) is 1. The van der Waals surface area contributed by atoms with E-state index in [2.05, 4.69) is 0 Å². The molecule has 1 aromatic rings. The summed E-state index contributed by atoms with van der Waals surface area (Å²) in [7, 11) is 0. The maximum atomic E-state index is 13.1. The molecule has 100 valence electrons. The second-order valence-electron chi connectivity index (χ2n) is 4.10. The van der Waals surface area contributed by atoms with Crippen molar-refractivity contribution >= 4 is 11.6 Å². The van der Waals surface area contributed by atoms with Crippen molar-refractivity contribution in [3.8, 4) is 0 Å². The van der Waals surface area contributed by atoms with Gasteiger partial charge in [0.1, 0.15) is 5.82 Å². The molecule has 0 atom stereocenters. The molecule has 5 heteroatoms. The molecule has 1 amide bonds. The van der Waals surface area contributed by atoms with Crippen molar-refractivity contribution in [2.75, 3.05) is 25.4 Å². The molecule has 0 radical (unpaired) electrons. The van der Waals surface area contributed by atoms with Crippen LogP contribution in [0.3, 0.4) is 0 Å². The monoisotopic (exact) mass is 254 g/mol. The van der Waals surface area contributed by atoms with Gasteiger partial charge in [-0.1, -0.05) is 13.3 Å². The zero-order chi connectivity index (χ0) is 13.5. The molecule has 4 nitrogen and oxygen atoms in total. The lowest BCUT2D eigenvalue weighted by Crippen LogP contribution is -2.34. The van der Waals surface area contributed by atoms with Gasteiger partial charge in [-0.3, -0.25) is 4.79 Å². The molecular weight excluding hydrogens is 235 g/mol. The van der Waals surface area contributed by atoms with Crippen molar-refractivity contribution < 1.29 is 14.3 Å². The lowest BCUT2D eigenvalue weighted by molar-refractivity contribution is 0.0720. The number of anilines is 1. The highest BCUT2D eigenvalue weighted by atomic mass is 19.1. The summed E-state index contributed by atoms with van der Waals surface area (Å²) in [6, 6.07) is 3.72. The van der Waals surface area contributed by atoms with Gasteiger partial charge in [0.05, 0.1) is 12.2 Å². The molecule has 1 aromatic carbocycles. The Bertz CT molecular complexity index is 410. The molecule has 0 aliphatic heterocycles. The molecule has 0 unspecified atom stereocenters. The normalized spacial score (nSPS) is 10.4. The average molecular weight is 254 g/mol. The summed E-state index contributed by atoms with van der Waals surface area (Å²) < 4.78 is 13.1. The largest absolute Gasteiger partial charge is 0.398 e. The molecule has 0 saturated heterocycles. The van der Waals surface area contributed by atoms with Crippen molar-refractivity contribution in [1.29, 1.82) is 0 Å². The predicted octanol–water partition coefficient (Wildman–Crippen LogP) is 1.64. The van der Waals surface area contributed by atoms with Crippen LogP contribution in [0, 0.1) is 5.82 Å². The minimum Gasteiger partial charge on any atom is -0.398 e. The smallest absolute Gasteiger partial charge is 0.256 e. The lowest BCUT2D eigenvalue weighted by atomic mass is 10.1. The highest BCUT2D eigenvalue weighted by Crippen LogP contribution is 2.16. The molecule has 0 bridgehead atoms. The Morgan fingerprint density at radius 3 is 2.78 bits per heavy atom. The standard InChI is InChI=1S/C13H19FN2O2/c1-2-3-6-16(7-8-17)13(18)11-9-10(14)4-5-12(11)15/h4-5,9,17H,2-3,6-8,15H2,1H3. The van der Waals surface area contributed by atoms with E-state index in [0.29, 0.717) is 6.54 Å². The second kappa shape index (κ2) is 6.96. The Morgan fingerprint density at radius 1 is 1.44 bits per heavy atom. The van der Waals surface area contributed by atoms with E-state index in [1.807, 2.05) is 6.92 Å². The Kier molecular flexibility index (Phi) is 5.58. The highest BCUT2D eigenvalue weighted by Gasteiger charge is 2.17. The molecule has 3 N–H and O–H groups in total. The molecule has 0 saturated carbocycles. The van der Waals surface area contributed by atoms with E-state index >= 15 is 0 Å². The van der Waals surface area contributed by atoms with Gasteiger partial charge in [-0.25, -0.2) is 4.39 Å². The summed E-state index contributed by atoms with van der Waals surface area (Å²) in [6.07, 6.45) is 1.77. The van der Waals surface area contributed by atoms with Gasteiger partial charge >= 0.3 is 0 Å². The van der Waals surface area contributed by atoms with Crippen LogP contribution in [0.4, 0.5) is 10.1 Å². The SMILES string of the molecule is CCCCN(CCO)C(=O)c1cc(F)ccc1N. The third-order valence-corrected chi connectivity index (χ3v) is 2.68. The van der Waals surface area contributed by atoms with E-state index < -0.39 is 5.82 Å². The van der Waals surface area contributed by atoms with Gasteiger partial charge in [0.25, 0.3) is 5.91 Å². The maximum Gasteiger partial charge on any atom is 0.256 e. The first-order chi connectivity index (χ1) is 8.60. The van der Waals surface area contributed by atoms with E-state index in [0.717, 1.165) is 18.9 Å². The van der Waals surface area contributed by atoms with Gasteiger partial charge in [0.15, 0.2) is 0 Å². The minimum atomic E-state index is -0.494. The van der Waals surface area contributed by atoms with Gasteiger partial charge < -0.3 is 15.7 Å². The summed E-state index contributed by atoms with van der Waals surface area (Å²) in [4.78, 5) is 13.7. The van der Waals surface area contributed by atoms with Crippen LogP contribution in [-0.2, 0) is 0 Å². The van der Waals surface area contributed by atoms with Crippen LogP contribution in [0.5, 0.6) is 0 Å². The first-order valence-corrected chi connectivity index (χ1v) is 6.05. The van der Waals surface area contributed by atoms with Crippen LogP contribution in [0.1, 0.15) is 30.1 Å².